The van der Waals surface area contributed by atoms with Gasteiger partial charge in [-0.2, -0.15) is 0 Å². The first-order valence-electron chi connectivity index (χ1n) is 18.8. The number of benzene rings is 6. The molecule has 0 N–H and O–H groups in total. The van der Waals surface area contributed by atoms with E-state index >= 15 is 0 Å². The van der Waals surface area contributed by atoms with Crippen molar-refractivity contribution in [3.05, 3.63) is 198 Å². The highest BCUT2D eigenvalue weighted by Gasteiger charge is 2.35. The summed E-state index contributed by atoms with van der Waals surface area (Å²) in [6.45, 7) is 9.09. The van der Waals surface area contributed by atoms with Gasteiger partial charge < -0.3 is 9.47 Å². The highest BCUT2D eigenvalue weighted by atomic mass is 15.1. The lowest BCUT2D eigenvalue weighted by molar-refractivity contribution is 0.654. The molecule has 0 bridgehead atoms. The van der Waals surface area contributed by atoms with Crippen LogP contribution in [0, 0.1) is 0 Å². The molecular formula is C51H44N2. The second kappa shape index (κ2) is 13.1. The Bertz CT molecular complexity index is 2610. The molecule has 6 aromatic carbocycles. The van der Waals surface area contributed by atoms with Gasteiger partial charge in [-0.05, 0) is 126 Å². The minimum absolute atomic E-state index is 0.0789. The monoisotopic (exact) mass is 684 g/mol. The lowest BCUT2D eigenvalue weighted by Gasteiger charge is -2.29. The van der Waals surface area contributed by atoms with Crippen LogP contribution in [-0.2, 0) is 5.41 Å². The standard InChI is InChI=1S/C51H44N2/c1-5-14-47-35(2)44-31-30-43(34-48(44)51(47,3)4)52(41-26-21-37(22-27-41)36-15-8-6-9-16-36)42-28-23-38(24-29-42)39-25-32-50-46(33-39)45-19-12-13-20-49(45)53(50)40-17-10-7-11-18-40/h5-15,17-34,36H,16H2,1-4H3/b14-5-. The van der Waals surface area contributed by atoms with Crippen LogP contribution in [0.1, 0.15) is 56.7 Å². The number of anilines is 3. The summed E-state index contributed by atoms with van der Waals surface area (Å²) in [5.41, 5.74) is 16.2. The highest BCUT2D eigenvalue weighted by molar-refractivity contribution is 6.10. The van der Waals surface area contributed by atoms with Gasteiger partial charge in [0.2, 0.25) is 0 Å². The third kappa shape index (κ3) is 5.57. The molecule has 258 valence electrons. The number of rotatable bonds is 7. The van der Waals surface area contributed by atoms with Crippen LogP contribution in [0.5, 0.6) is 0 Å². The van der Waals surface area contributed by atoms with Crippen LogP contribution in [0.4, 0.5) is 17.1 Å². The van der Waals surface area contributed by atoms with Crippen LogP contribution in [0.15, 0.2) is 182 Å². The summed E-state index contributed by atoms with van der Waals surface area (Å²) in [7, 11) is 0. The first-order chi connectivity index (χ1) is 25.9. The molecule has 0 fully saturated rings. The van der Waals surface area contributed by atoms with Crippen molar-refractivity contribution < 1.29 is 0 Å². The van der Waals surface area contributed by atoms with Gasteiger partial charge in [-0.25, -0.2) is 0 Å². The first-order valence-corrected chi connectivity index (χ1v) is 18.8. The third-order valence-electron chi connectivity index (χ3n) is 11.5. The van der Waals surface area contributed by atoms with Gasteiger partial charge in [0.05, 0.1) is 11.0 Å². The smallest absolute Gasteiger partial charge is 0.0541 e. The molecule has 1 atom stereocenters. The first kappa shape index (κ1) is 32.8. The molecule has 1 heterocycles. The highest BCUT2D eigenvalue weighted by Crippen LogP contribution is 2.49. The summed E-state index contributed by atoms with van der Waals surface area (Å²) in [6.07, 6.45) is 14.4. The van der Waals surface area contributed by atoms with Gasteiger partial charge >= 0.3 is 0 Å². The van der Waals surface area contributed by atoms with Gasteiger partial charge in [0.15, 0.2) is 0 Å². The van der Waals surface area contributed by atoms with Crippen molar-refractivity contribution >= 4 is 44.4 Å². The van der Waals surface area contributed by atoms with E-state index in [1.165, 1.54) is 72.1 Å². The minimum atomic E-state index is -0.0789. The molecule has 2 aliphatic carbocycles. The van der Waals surface area contributed by atoms with E-state index in [1.54, 1.807) is 0 Å². The third-order valence-corrected chi connectivity index (χ3v) is 11.5. The SMILES string of the molecule is C/C=C\C1=C(C)c2ccc(N(c3ccc(-c4ccc5c(c4)c4ccccc4n5-c4ccccc4)cc3)c3ccc(C4C=CC=CC4)cc3)cc2C1(C)C. The molecule has 53 heavy (non-hydrogen) atoms. The Hall–Kier alpha value is -6.12. The molecule has 1 unspecified atom stereocenters. The molecule has 9 rings (SSSR count). The van der Waals surface area contributed by atoms with Crippen LogP contribution >= 0.6 is 0 Å². The Kier molecular flexibility index (Phi) is 8.12. The molecule has 0 amide bonds. The van der Waals surface area contributed by atoms with Gasteiger partial charge in [-0.1, -0.05) is 123 Å². The zero-order valence-corrected chi connectivity index (χ0v) is 30.9. The van der Waals surface area contributed by atoms with Crippen LogP contribution in [0.3, 0.4) is 0 Å². The average Bonchev–Trinajstić information content (AvgIpc) is 3.63. The largest absolute Gasteiger partial charge is 0.310 e. The second-order valence-corrected chi connectivity index (χ2v) is 14.9. The Morgan fingerprint density at radius 3 is 2.08 bits per heavy atom. The summed E-state index contributed by atoms with van der Waals surface area (Å²) in [5.74, 6) is 0.417. The fourth-order valence-corrected chi connectivity index (χ4v) is 8.73. The summed E-state index contributed by atoms with van der Waals surface area (Å²) >= 11 is 0. The van der Waals surface area contributed by atoms with E-state index in [1.807, 2.05) is 0 Å². The van der Waals surface area contributed by atoms with Gasteiger partial charge in [-0.15, -0.1) is 0 Å². The van der Waals surface area contributed by atoms with Gasteiger partial charge in [-0.3, -0.25) is 0 Å². The summed E-state index contributed by atoms with van der Waals surface area (Å²) in [5, 5.41) is 2.53. The maximum Gasteiger partial charge on any atom is 0.0541 e. The fourth-order valence-electron chi connectivity index (χ4n) is 8.73. The normalized spacial score (nSPS) is 16.3. The molecule has 1 aromatic heterocycles. The lowest BCUT2D eigenvalue weighted by atomic mass is 9.81. The van der Waals surface area contributed by atoms with Crippen molar-refractivity contribution in [1.29, 1.82) is 0 Å². The van der Waals surface area contributed by atoms with Crippen LogP contribution in [0.2, 0.25) is 0 Å². The van der Waals surface area contributed by atoms with Crippen LogP contribution in [0.25, 0.3) is 44.2 Å². The predicted molar refractivity (Wildman–Crippen MR) is 227 cm³/mol. The van der Waals surface area contributed by atoms with Gasteiger partial charge in [0.25, 0.3) is 0 Å². The molecular weight excluding hydrogens is 641 g/mol. The maximum atomic E-state index is 2.42. The van der Waals surface area contributed by atoms with E-state index in [0.717, 1.165) is 17.8 Å². The molecule has 2 heteroatoms. The van der Waals surface area contributed by atoms with Crippen molar-refractivity contribution in [2.75, 3.05) is 4.90 Å². The zero-order valence-electron chi connectivity index (χ0n) is 30.9. The number of nitrogens with zero attached hydrogens (tertiary/aromatic N) is 2. The van der Waals surface area contributed by atoms with E-state index in [9.17, 15) is 0 Å². The van der Waals surface area contributed by atoms with Crippen molar-refractivity contribution in [3.63, 3.8) is 0 Å². The number of hydrogen-bond donors (Lipinski definition) is 0. The summed E-state index contributed by atoms with van der Waals surface area (Å²) < 4.78 is 2.37. The molecule has 0 spiro atoms. The van der Waals surface area contributed by atoms with Crippen LogP contribution < -0.4 is 4.90 Å². The number of para-hydroxylation sites is 2. The van der Waals surface area contributed by atoms with Crippen molar-refractivity contribution in [1.82, 2.24) is 4.57 Å². The molecule has 0 aliphatic heterocycles. The van der Waals surface area contributed by atoms with E-state index in [2.05, 4.69) is 213 Å². The summed E-state index contributed by atoms with van der Waals surface area (Å²) in [6, 6.07) is 51.6. The Morgan fingerprint density at radius 2 is 1.34 bits per heavy atom. The van der Waals surface area contributed by atoms with Gasteiger partial charge in [0, 0.05) is 44.9 Å². The Labute approximate surface area is 313 Å². The Morgan fingerprint density at radius 1 is 0.660 bits per heavy atom. The van der Waals surface area contributed by atoms with Crippen LogP contribution in [-0.4, -0.2) is 4.57 Å². The molecule has 0 saturated heterocycles. The molecule has 7 aromatic rings. The molecule has 0 radical (unpaired) electrons. The molecule has 2 aliphatic rings. The maximum absolute atomic E-state index is 2.42. The van der Waals surface area contributed by atoms with Crippen molar-refractivity contribution in [3.8, 4) is 16.8 Å². The Balaban J connectivity index is 1.12. The van der Waals surface area contributed by atoms with E-state index in [4.69, 9.17) is 0 Å². The lowest BCUT2D eigenvalue weighted by Crippen LogP contribution is -2.17. The minimum Gasteiger partial charge on any atom is -0.310 e. The van der Waals surface area contributed by atoms with E-state index < -0.39 is 0 Å². The quantitative estimate of drug-likeness (QED) is 0.162. The predicted octanol–water partition coefficient (Wildman–Crippen LogP) is 14.2. The number of aromatic nitrogens is 1. The van der Waals surface area contributed by atoms with E-state index in [0.29, 0.717) is 5.92 Å². The van der Waals surface area contributed by atoms with E-state index in [-0.39, 0.29) is 5.41 Å². The molecule has 0 saturated carbocycles. The topological polar surface area (TPSA) is 8.17 Å². The molecule has 2 nitrogen and oxygen atoms in total. The van der Waals surface area contributed by atoms with Crippen molar-refractivity contribution in [2.24, 2.45) is 0 Å². The zero-order chi connectivity index (χ0) is 36.1. The number of allylic oxidation sites excluding steroid dienone is 8. The van der Waals surface area contributed by atoms with Crippen molar-refractivity contribution in [2.45, 2.75) is 45.4 Å². The average molecular weight is 685 g/mol. The number of fused-ring (bicyclic) bond motifs is 4. The second-order valence-electron chi connectivity index (χ2n) is 14.9. The summed E-state index contributed by atoms with van der Waals surface area (Å²) in [4.78, 5) is 2.42. The number of hydrogen-bond acceptors (Lipinski definition) is 1. The fraction of sp³-hybridized carbons (Fsp3) is 0.137. The van der Waals surface area contributed by atoms with Gasteiger partial charge in [0.1, 0.15) is 0 Å².